The Kier molecular flexibility index (Phi) is 6.81. The lowest BCUT2D eigenvalue weighted by Gasteiger charge is -2.26. The van der Waals surface area contributed by atoms with Gasteiger partial charge in [-0.2, -0.15) is 0 Å². The summed E-state index contributed by atoms with van der Waals surface area (Å²) in [5, 5.41) is 0. The maximum Gasteiger partial charge on any atom is 0.248 e. The molecule has 0 radical (unpaired) electrons. The first kappa shape index (κ1) is 21.1. The first-order valence-corrected chi connectivity index (χ1v) is 10.00. The van der Waals surface area contributed by atoms with E-state index in [4.69, 9.17) is 5.73 Å². The predicted molar refractivity (Wildman–Crippen MR) is 126 cm³/mol. The van der Waals surface area contributed by atoms with Gasteiger partial charge in [0.05, 0.1) is 11.4 Å². The molecule has 0 atom stereocenters. The Morgan fingerprint density at radius 2 is 1.50 bits per heavy atom. The average Bonchev–Trinajstić information content (AvgIpc) is 2.91. The minimum atomic E-state index is 0.0448. The number of hydrogen-bond donors (Lipinski definition) is 1. The highest BCUT2D eigenvalue weighted by molar-refractivity contribution is 6.19. The van der Waals surface area contributed by atoms with Crippen molar-refractivity contribution < 1.29 is 4.79 Å². The zero-order valence-electron chi connectivity index (χ0n) is 17.5. The maximum atomic E-state index is 12.4. The number of anilines is 1. The van der Waals surface area contributed by atoms with Gasteiger partial charge in [-0.15, -0.1) is 0 Å². The van der Waals surface area contributed by atoms with Gasteiger partial charge < -0.3 is 10.6 Å². The summed E-state index contributed by atoms with van der Waals surface area (Å²) in [6.45, 7) is 7.85. The molecule has 0 aliphatic carbocycles. The number of rotatable bonds is 3. The summed E-state index contributed by atoms with van der Waals surface area (Å²) in [7, 11) is 0. The second-order valence-corrected chi connectivity index (χ2v) is 7.30. The number of carbonyl (C=O) groups excluding carboxylic acids is 1. The van der Waals surface area contributed by atoms with E-state index in [9.17, 15) is 4.79 Å². The molecule has 4 heteroatoms. The lowest BCUT2D eigenvalue weighted by atomic mass is 10.00. The molecule has 1 aliphatic heterocycles. The van der Waals surface area contributed by atoms with Gasteiger partial charge >= 0.3 is 0 Å². The Balaban J connectivity index is 0.000000239. The molecule has 0 spiro atoms. The highest BCUT2D eigenvalue weighted by Crippen LogP contribution is 2.28. The van der Waals surface area contributed by atoms with E-state index in [0.29, 0.717) is 5.70 Å². The van der Waals surface area contributed by atoms with Crippen LogP contribution in [0.3, 0.4) is 0 Å². The van der Waals surface area contributed by atoms with Crippen molar-refractivity contribution in [2.45, 2.75) is 19.9 Å². The van der Waals surface area contributed by atoms with Crippen molar-refractivity contribution in [3.63, 3.8) is 0 Å². The van der Waals surface area contributed by atoms with Crippen LogP contribution in [0.15, 0.2) is 96.5 Å². The van der Waals surface area contributed by atoms with Crippen LogP contribution in [0.2, 0.25) is 0 Å². The van der Waals surface area contributed by atoms with Crippen LogP contribution in [0.4, 0.5) is 5.69 Å². The van der Waals surface area contributed by atoms with Gasteiger partial charge in [0.2, 0.25) is 5.91 Å². The fourth-order valence-corrected chi connectivity index (χ4v) is 3.39. The normalized spacial score (nSPS) is 13.0. The van der Waals surface area contributed by atoms with E-state index in [2.05, 4.69) is 11.6 Å². The monoisotopic (exact) mass is 397 g/mol. The summed E-state index contributed by atoms with van der Waals surface area (Å²) < 4.78 is 0. The van der Waals surface area contributed by atoms with E-state index in [-0.39, 0.29) is 18.5 Å². The zero-order chi connectivity index (χ0) is 21.5. The van der Waals surface area contributed by atoms with Gasteiger partial charge in [-0.25, -0.2) is 0 Å². The lowest BCUT2D eigenvalue weighted by molar-refractivity contribution is -0.117. The Labute approximate surface area is 178 Å². The number of aliphatic imine (C=N–C) groups is 1. The van der Waals surface area contributed by atoms with E-state index in [1.165, 1.54) is 0 Å². The van der Waals surface area contributed by atoms with Crippen LogP contribution in [0.5, 0.6) is 0 Å². The van der Waals surface area contributed by atoms with Gasteiger partial charge in [-0.1, -0.05) is 85.4 Å². The molecule has 0 fully saturated rings. The second kappa shape index (κ2) is 9.70. The molecular weight excluding hydrogens is 370 g/mol. The van der Waals surface area contributed by atoms with Crippen LogP contribution in [0, 0.1) is 0 Å². The molecular formula is C26H27N3O. The highest BCUT2D eigenvalue weighted by Gasteiger charge is 2.26. The number of fused-ring (bicyclic) bond motifs is 1. The summed E-state index contributed by atoms with van der Waals surface area (Å²) in [5.41, 5.74) is 10.9. The van der Waals surface area contributed by atoms with Crippen molar-refractivity contribution in [1.82, 2.24) is 0 Å². The third-order valence-electron chi connectivity index (χ3n) is 4.77. The number of benzene rings is 3. The number of benzodiazepines with no additional fused rings is 1. The van der Waals surface area contributed by atoms with Crippen molar-refractivity contribution in [2.24, 2.45) is 10.7 Å². The summed E-state index contributed by atoms with van der Waals surface area (Å²) in [5.74, 6) is 0.0448. The Bertz CT molecular complexity index is 1040. The van der Waals surface area contributed by atoms with Gasteiger partial charge in [-0.05, 0) is 25.5 Å². The maximum absolute atomic E-state index is 12.4. The van der Waals surface area contributed by atoms with Crippen molar-refractivity contribution >= 4 is 23.0 Å². The first-order chi connectivity index (χ1) is 14.5. The molecule has 0 bridgehead atoms. The van der Waals surface area contributed by atoms with E-state index >= 15 is 0 Å². The largest absolute Gasteiger partial charge is 0.399 e. The van der Waals surface area contributed by atoms with E-state index < -0.39 is 0 Å². The first-order valence-electron chi connectivity index (χ1n) is 10.00. The number of amides is 1. The molecule has 0 aromatic heterocycles. The van der Waals surface area contributed by atoms with Crippen LogP contribution < -0.4 is 10.6 Å². The molecule has 1 heterocycles. The van der Waals surface area contributed by atoms with Crippen molar-refractivity contribution in [3.05, 3.63) is 108 Å². The highest BCUT2D eigenvalue weighted by atomic mass is 16.2. The summed E-state index contributed by atoms with van der Waals surface area (Å²) in [4.78, 5) is 18.8. The second-order valence-electron chi connectivity index (χ2n) is 7.30. The zero-order valence-corrected chi connectivity index (χ0v) is 17.5. The van der Waals surface area contributed by atoms with Gasteiger partial charge in [-0.3, -0.25) is 9.79 Å². The average molecular weight is 398 g/mol. The summed E-state index contributed by atoms with van der Waals surface area (Å²) in [6.07, 6.45) is 0. The summed E-state index contributed by atoms with van der Waals surface area (Å²) in [6, 6.07) is 27.8. The molecule has 0 unspecified atom stereocenters. The molecule has 4 rings (SSSR count). The van der Waals surface area contributed by atoms with Crippen LogP contribution in [0.1, 0.15) is 30.5 Å². The van der Waals surface area contributed by atoms with Crippen molar-refractivity contribution in [3.8, 4) is 0 Å². The Hall–Kier alpha value is -3.66. The number of para-hydroxylation sites is 1. The van der Waals surface area contributed by atoms with Crippen LogP contribution in [-0.2, 0) is 4.79 Å². The number of nitrogens with zero attached hydrogens (tertiary/aromatic N) is 2. The predicted octanol–water partition coefficient (Wildman–Crippen LogP) is 4.90. The van der Waals surface area contributed by atoms with Crippen molar-refractivity contribution in [1.29, 1.82) is 0 Å². The fourth-order valence-electron chi connectivity index (χ4n) is 3.39. The molecule has 3 aromatic rings. The van der Waals surface area contributed by atoms with E-state index in [1.54, 1.807) is 0 Å². The van der Waals surface area contributed by atoms with Gasteiger partial charge in [0.1, 0.15) is 6.54 Å². The van der Waals surface area contributed by atoms with Gasteiger partial charge in [0.25, 0.3) is 0 Å². The third kappa shape index (κ3) is 4.84. The molecule has 4 nitrogen and oxygen atoms in total. The van der Waals surface area contributed by atoms with Crippen molar-refractivity contribution in [2.75, 3.05) is 11.4 Å². The van der Waals surface area contributed by atoms with E-state index in [0.717, 1.165) is 28.1 Å². The smallest absolute Gasteiger partial charge is 0.248 e. The summed E-state index contributed by atoms with van der Waals surface area (Å²) >= 11 is 0. The number of nitrogens with two attached hydrogens (primary N) is 1. The quantitative estimate of drug-likeness (QED) is 0.684. The lowest BCUT2D eigenvalue weighted by Crippen LogP contribution is -2.38. The Morgan fingerprint density at radius 3 is 2.07 bits per heavy atom. The topological polar surface area (TPSA) is 58.7 Å². The third-order valence-corrected chi connectivity index (χ3v) is 4.77. The molecule has 1 aliphatic rings. The molecule has 152 valence electrons. The molecule has 1 amide bonds. The minimum absolute atomic E-state index is 0.0448. The molecule has 3 aromatic carbocycles. The number of hydrogen-bond acceptors (Lipinski definition) is 3. The molecule has 0 saturated carbocycles. The Morgan fingerprint density at radius 1 is 0.933 bits per heavy atom. The van der Waals surface area contributed by atoms with Gasteiger partial charge in [0, 0.05) is 22.9 Å². The molecule has 30 heavy (non-hydrogen) atoms. The van der Waals surface area contributed by atoms with Crippen LogP contribution in [-0.4, -0.2) is 24.2 Å². The van der Waals surface area contributed by atoms with Gasteiger partial charge in [0.15, 0.2) is 0 Å². The van der Waals surface area contributed by atoms with Crippen LogP contribution in [0.25, 0.3) is 5.70 Å². The SMILES string of the molecule is C=C(N)c1ccccc1.CC(C)N1C(=O)CN=C(c2ccccc2)c2ccccc21. The molecule has 2 N–H and O–H groups in total. The standard InChI is InChI=1S/C18H18N2O.C8H9N/c1-13(2)20-16-11-7-6-10-15(16)18(19-12-17(20)21)14-8-4-3-5-9-14;1-7(9)8-5-3-2-4-6-8/h3-11,13H,12H2,1-2H3;2-6H,1,9H2. The van der Waals surface area contributed by atoms with Crippen LogP contribution >= 0.6 is 0 Å². The van der Waals surface area contributed by atoms with E-state index in [1.807, 2.05) is 104 Å². The molecule has 0 saturated heterocycles. The fraction of sp³-hybridized carbons (Fsp3) is 0.154. The minimum Gasteiger partial charge on any atom is -0.399 e. The number of carbonyl (C=O) groups is 1.